The molecule has 0 aromatic rings. The lowest BCUT2D eigenvalue weighted by Gasteiger charge is -2.62. The van der Waals surface area contributed by atoms with Gasteiger partial charge in [0.25, 0.3) is 0 Å². The Labute approximate surface area is 170 Å². The maximum atomic E-state index is 11.5. The molecule has 4 heteroatoms. The van der Waals surface area contributed by atoms with Crippen LogP contribution in [0, 0.1) is 46.3 Å². The van der Waals surface area contributed by atoms with E-state index in [4.69, 9.17) is 5.11 Å². The number of aliphatic hydroxyl groups is 2. The molecular formula is C24H40O4. The monoisotopic (exact) mass is 392 g/mol. The first kappa shape index (κ1) is 20.7. The topological polar surface area (TPSA) is 77.8 Å². The summed E-state index contributed by atoms with van der Waals surface area (Å²) in [7, 11) is 0. The average molecular weight is 393 g/mol. The fourth-order valence-electron chi connectivity index (χ4n) is 8.71. The van der Waals surface area contributed by atoms with Gasteiger partial charge in [-0.2, -0.15) is 0 Å². The van der Waals surface area contributed by atoms with Gasteiger partial charge in [-0.25, -0.2) is 0 Å². The molecule has 0 saturated heterocycles. The summed E-state index contributed by atoms with van der Waals surface area (Å²) in [5.41, 5.74) is 0.216. The van der Waals surface area contributed by atoms with Crippen LogP contribution < -0.4 is 0 Å². The van der Waals surface area contributed by atoms with Crippen molar-refractivity contribution < 1.29 is 20.1 Å². The number of carboxylic acids is 1. The minimum absolute atomic E-state index is 0.0591. The second-order valence-electron chi connectivity index (χ2n) is 11.3. The Kier molecular flexibility index (Phi) is 5.36. The van der Waals surface area contributed by atoms with Crippen molar-refractivity contribution in [3.8, 4) is 0 Å². The zero-order valence-corrected chi connectivity index (χ0v) is 17.9. The lowest BCUT2D eigenvalue weighted by Crippen LogP contribution is -2.58. The van der Waals surface area contributed by atoms with Gasteiger partial charge in [-0.1, -0.05) is 20.8 Å². The molecule has 0 aromatic carbocycles. The number of fused-ring (bicyclic) bond motifs is 5. The first-order valence-electron chi connectivity index (χ1n) is 11.8. The molecule has 4 rings (SSSR count). The third-order valence-electron chi connectivity index (χ3n) is 10.3. The summed E-state index contributed by atoms with van der Waals surface area (Å²) in [5, 5.41) is 30.8. The van der Waals surface area contributed by atoms with Gasteiger partial charge >= 0.3 is 5.97 Å². The molecule has 0 radical (unpaired) electrons. The zero-order chi connectivity index (χ0) is 20.3. The van der Waals surface area contributed by atoms with E-state index in [2.05, 4.69) is 20.8 Å². The summed E-state index contributed by atoms with van der Waals surface area (Å²) >= 11 is 0. The highest BCUT2D eigenvalue weighted by atomic mass is 16.4. The molecule has 0 bridgehead atoms. The van der Waals surface area contributed by atoms with Crippen LogP contribution in [0.3, 0.4) is 0 Å². The molecule has 4 saturated carbocycles. The third-order valence-corrected chi connectivity index (χ3v) is 10.3. The summed E-state index contributed by atoms with van der Waals surface area (Å²) in [4.78, 5) is 11.1. The van der Waals surface area contributed by atoms with Crippen molar-refractivity contribution in [2.45, 2.75) is 97.2 Å². The lowest BCUT2D eigenvalue weighted by molar-refractivity contribution is -0.175. The molecule has 4 nitrogen and oxygen atoms in total. The van der Waals surface area contributed by atoms with E-state index in [0.717, 1.165) is 38.5 Å². The van der Waals surface area contributed by atoms with Gasteiger partial charge in [0.1, 0.15) is 0 Å². The number of hydrogen-bond acceptors (Lipinski definition) is 3. The highest BCUT2D eigenvalue weighted by molar-refractivity contribution is 5.66. The van der Waals surface area contributed by atoms with E-state index in [-0.39, 0.29) is 29.5 Å². The van der Waals surface area contributed by atoms with Gasteiger partial charge in [0.2, 0.25) is 0 Å². The van der Waals surface area contributed by atoms with E-state index in [1.165, 1.54) is 19.3 Å². The summed E-state index contributed by atoms with van der Waals surface area (Å²) in [6.45, 7) is 6.99. The van der Waals surface area contributed by atoms with Crippen molar-refractivity contribution >= 4 is 5.97 Å². The molecule has 0 spiro atoms. The van der Waals surface area contributed by atoms with Gasteiger partial charge < -0.3 is 15.3 Å². The van der Waals surface area contributed by atoms with E-state index in [0.29, 0.717) is 35.5 Å². The SMILES string of the molecule is C[C@H](CCC(=O)O)[C@H]1CC[C@H]2C3CC[C@@H]4C[C@H](O)CC[C@]4(C)[C@H]3C[C@H](O)[C@]12C. The van der Waals surface area contributed by atoms with Gasteiger partial charge in [-0.05, 0) is 104 Å². The smallest absolute Gasteiger partial charge is 0.303 e. The Bertz CT molecular complexity index is 605. The molecule has 0 amide bonds. The summed E-state index contributed by atoms with van der Waals surface area (Å²) in [5.74, 6) is 2.55. The Morgan fingerprint density at radius 1 is 1.04 bits per heavy atom. The first-order valence-corrected chi connectivity index (χ1v) is 11.8. The number of carboxylic acid groups (broad SMARTS) is 1. The van der Waals surface area contributed by atoms with Crippen molar-refractivity contribution in [2.24, 2.45) is 46.3 Å². The maximum Gasteiger partial charge on any atom is 0.303 e. The molecule has 28 heavy (non-hydrogen) atoms. The second-order valence-corrected chi connectivity index (χ2v) is 11.3. The van der Waals surface area contributed by atoms with E-state index in [9.17, 15) is 15.0 Å². The highest BCUT2D eigenvalue weighted by Gasteiger charge is 2.63. The van der Waals surface area contributed by atoms with Crippen LogP contribution in [0.2, 0.25) is 0 Å². The quantitative estimate of drug-likeness (QED) is 0.659. The normalized spacial score (nSPS) is 51.7. The van der Waals surface area contributed by atoms with E-state index in [1.54, 1.807) is 0 Å². The van der Waals surface area contributed by atoms with Crippen LogP contribution in [-0.4, -0.2) is 33.5 Å². The van der Waals surface area contributed by atoms with Crippen molar-refractivity contribution in [1.82, 2.24) is 0 Å². The molecule has 0 aromatic heterocycles. The van der Waals surface area contributed by atoms with Crippen LogP contribution in [0.5, 0.6) is 0 Å². The molecule has 10 atom stereocenters. The Hall–Kier alpha value is -0.610. The largest absolute Gasteiger partial charge is 0.481 e. The van der Waals surface area contributed by atoms with Crippen LogP contribution in [0.4, 0.5) is 0 Å². The van der Waals surface area contributed by atoms with E-state index in [1.807, 2.05) is 0 Å². The Morgan fingerprint density at radius 2 is 1.79 bits per heavy atom. The number of rotatable bonds is 4. The molecule has 1 unspecified atom stereocenters. The van der Waals surface area contributed by atoms with Crippen LogP contribution in [0.1, 0.15) is 85.0 Å². The Balaban J connectivity index is 1.56. The minimum Gasteiger partial charge on any atom is -0.481 e. The fraction of sp³-hybridized carbons (Fsp3) is 0.958. The molecule has 160 valence electrons. The maximum absolute atomic E-state index is 11.5. The molecule has 3 N–H and O–H groups in total. The predicted molar refractivity (Wildman–Crippen MR) is 109 cm³/mol. The van der Waals surface area contributed by atoms with E-state index < -0.39 is 5.97 Å². The second kappa shape index (κ2) is 7.27. The summed E-state index contributed by atoms with van der Waals surface area (Å²) in [6, 6.07) is 0. The molecule has 4 aliphatic rings. The molecular weight excluding hydrogens is 352 g/mol. The third kappa shape index (κ3) is 3.05. The number of carbonyl (C=O) groups is 1. The first-order chi connectivity index (χ1) is 13.2. The van der Waals surface area contributed by atoms with Crippen LogP contribution in [-0.2, 0) is 4.79 Å². The summed E-state index contributed by atoms with van der Waals surface area (Å²) < 4.78 is 0. The van der Waals surface area contributed by atoms with Gasteiger partial charge in [0.05, 0.1) is 12.2 Å². The number of aliphatic hydroxyl groups excluding tert-OH is 2. The van der Waals surface area contributed by atoms with E-state index >= 15 is 0 Å². The number of hydrogen-bond donors (Lipinski definition) is 3. The van der Waals surface area contributed by atoms with Crippen molar-refractivity contribution in [2.75, 3.05) is 0 Å². The highest BCUT2D eigenvalue weighted by Crippen LogP contribution is 2.68. The van der Waals surface area contributed by atoms with Gasteiger partial charge in [0, 0.05) is 6.42 Å². The minimum atomic E-state index is -0.707. The number of aliphatic carboxylic acids is 1. The Morgan fingerprint density at radius 3 is 2.50 bits per heavy atom. The lowest BCUT2D eigenvalue weighted by atomic mass is 9.43. The van der Waals surface area contributed by atoms with Crippen molar-refractivity contribution in [3.05, 3.63) is 0 Å². The molecule has 4 aliphatic carbocycles. The molecule has 0 aliphatic heterocycles. The van der Waals surface area contributed by atoms with Crippen LogP contribution in [0.15, 0.2) is 0 Å². The predicted octanol–water partition coefficient (Wildman–Crippen LogP) is 4.48. The van der Waals surface area contributed by atoms with Gasteiger partial charge in [-0.15, -0.1) is 0 Å². The van der Waals surface area contributed by atoms with Gasteiger partial charge in [-0.3, -0.25) is 4.79 Å². The molecule has 0 heterocycles. The van der Waals surface area contributed by atoms with Crippen LogP contribution in [0.25, 0.3) is 0 Å². The van der Waals surface area contributed by atoms with Gasteiger partial charge in [0.15, 0.2) is 0 Å². The average Bonchev–Trinajstić information content (AvgIpc) is 3.00. The zero-order valence-electron chi connectivity index (χ0n) is 17.9. The van der Waals surface area contributed by atoms with Crippen molar-refractivity contribution in [3.63, 3.8) is 0 Å². The molecule has 4 fully saturated rings. The summed E-state index contributed by atoms with van der Waals surface area (Å²) in [6.07, 6.45) is 9.26. The van der Waals surface area contributed by atoms with Crippen LogP contribution >= 0.6 is 0 Å². The standard InChI is InChI=1S/C24H40O4/c1-14(4-9-22(27)28)18-7-8-19-17-6-5-15-12-16(25)10-11-23(15,2)20(17)13-21(26)24(18,19)3/h14-21,25-26H,4-13H2,1-3H3,(H,27,28)/t14-,15-,16-,17?,18-,19+,20+,21+,23+,24-/m1/s1. The fourth-order valence-corrected chi connectivity index (χ4v) is 8.71. The van der Waals surface area contributed by atoms with Crippen molar-refractivity contribution in [1.29, 1.82) is 0 Å².